The molecule has 0 spiro atoms. The third-order valence-corrected chi connectivity index (χ3v) is 8.18. The Labute approximate surface area is 222 Å². The number of carbonyl (C=O) groups is 2. The Hall–Kier alpha value is -4.08. The molecule has 3 aliphatic heterocycles. The number of benzene rings is 2. The normalized spacial score (nSPS) is 21.9. The Morgan fingerprint density at radius 1 is 1.10 bits per heavy atom. The van der Waals surface area contributed by atoms with Gasteiger partial charge in [-0.1, -0.05) is 30.3 Å². The van der Waals surface area contributed by atoms with Gasteiger partial charge in [0.25, 0.3) is 11.8 Å². The van der Waals surface area contributed by atoms with Gasteiger partial charge in [-0.05, 0) is 38.2 Å². The molecule has 1 N–H and O–H groups in total. The van der Waals surface area contributed by atoms with E-state index in [2.05, 4.69) is 5.32 Å². The summed E-state index contributed by atoms with van der Waals surface area (Å²) in [4.78, 5) is 42.6. The van der Waals surface area contributed by atoms with E-state index < -0.39 is 40.4 Å². The minimum atomic E-state index is -1.21. The number of ether oxygens (including phenoxy) is 1. The molecular weight excluding hydrogens is 511 g/mol. The highest BCUT2D eigenvalue weighted by atomic mass is 19.1. The number of nitrogens with zero attached hydrogens (tertiary/aromatic N) is 2. The van der Waals surface area contributed by atoms with Crippen LogP contribution in [0.5, 0.6) is 5.75 Å². The number of hydrogen-bond donors (Lipinski definition) is 1. The Balaban J connectivity index is 1.39. The van der Waals surface area contributed by atoms with Crippen LogP contribution in [0.2, 0.25) is 0 Å². The van der Waals surface area contributed by atoms with Gasteiger partial charge in [0.2, 0.25) is 5.43 Å². The Kier molecular flexibility index (Phi) is 6.00. The lowest BCUT2D eigenvalue weighted by molar-refractivity contribution is 0.0486. The van der Waals surface area contributed by atoms with Crippen molar-refractivity contribution in [2.75, 3.05) is 0 Å². The molecule has 1 atom stereocenters. The molecule has 1 aromatic heterocycles. The zero-order valence-corrected chi connectivity index (χ0v) is 21.2. The third kappa shape index (κ3) is 4.09. The lowest BCUT2D eigenvalue weighted by atomic mass is 9.86. The van der Waals surface area contributed by atoms with Gasteiger partial charge in [0.15, 0.2) is 11.4 Å². The van der Waals surface area contributed by atoms with Crippen LogP contribution in [0.25, 0.3) is 0 Å². The fourth-order valence-corrected chi connectivity index (χ4v) is 6.40. The van der Waals surface area contributed by atoms with E-state index in [1.54, 1.807) is 4.57 Å². The zero-order chi connectivity index (χ0) is 27.5. The first kappa shape index (κ1) is 25.2. The summed E-state index contributed by atoms with van der Waals surface area (Å²) < 4.78 is 49.6. The molecule has 0 aliphatic carbocycles. The molecule has 3 aliphatic rings. The second-order valence-electron chi connectivity index (χ2n) is 10.6. The monoisotopic (exact) mass is 537 g/mol. The number of hydrogen-bond acceptors (Lipinski definition) is 4. The summed E-state index contributed by atoms with van der Waals surface area (Å²) in [5, 5.41) is 2.45. The second kappa shape index (κ2) is 9.29. The highest BCUT2D eigenvalue weighted by molar-refractivity contribution is 6.00. The van der Waals surface area contributed by atoms with Gasteiger partial charge >= 0.3 is 0 Å². The topological polar surface area (TPSA) is 80.6 Å². The van der Waals surface area contributed by atoms with Crippen LogP contribution in [0.3, 0.4) is 0 Å². The first-order chi connectivity index (χ1) is 18.7. The fraction of sp³-hybridized carbons (Fsp3) is 0.345. The highest BCUT2D eigenvalue weighted by Crippen LogP contribution is 2.50. The van der Waals surface area contributed by atoms with Crippen LogP contribution in [0.1, 0.15) is 70.6 Å². The van der Waals surface area contributed by atoms with E-state index in [0.29, 0.717) is 18.7 Å². The van der Waals surface area contributed by atoms with Gasteiger partial charge in [0.05, 0.1) is 11.6 Å². The smallest absolute Gasteiger partial charge is 0.275 e. The average molecular weight is 538 g/mol. The van der Waals surface area contributed by atoms with Crippen LogP contribution >= 0.6 is 0 Å². The van der Waals surface area contributed by atoms with Gasteiger partial charge in [-0.3, -0.25) is 14.4 Å². The summed E-state index contributed by atoms with van der Waals surface area (Å²) >= 11 is 0. The van der Waals surface area contributed by atoms with Crippen molar-refractivity contribution in [1.82, 2.24) is 14.8 Å². The maximum absolute atomic E-state index is 14.3. The third-order valence-electron chi connectivity index (χ3n) is 8.18. The predicted molar refractivity (Wildman–Crippen MR) is 135 cm³/mol. The first-order valence-corrected chi connectivity index (χ1v) is 12.9. The maximum Gasteiger partial charge on any atom is 0.275 e. The number of carbonyl (C=O) groups excluding carboxylic acids is 2. The van der Waals surface area contributed by atoms with Gasteiger partial charge in [0.1, 0.15) is 29.6 Å². The predicted octanol–water partition coefficient (Wildman–Crippen LogP) is 4.49. The number of fused-ring (bicyclic) bond motifs is 1. The molecule has 2 aromatic carbocycles. The number of pyridine rings is 1. The molecule has 1 unspecified atom stereocenters. The van der Waals surface area contributed by atoms with Gasteiger partial charge < -0.3 is 19.5 Å². The summed E-state index contributed by atoms with van der Waals surface area (Å²) in [6, 6.07) is 9.05. The largest absolute Gasteiger partial charge is 0.483 e. The summed E-state index contributed by atoms with van der Waals surface area (Å²) in [6.45, 7) is 1.74. The van der Waals surface area contributed by atoms with Crippen molar-refractivity contribution >= 4 is 11.8 Å². The highest BCUT2D eigenvalue weighted by Gasteiger charge is 2.57. The van der Waals surface area contributed by atoms with E-state index >= 15 is 0 Å². The van der Waals surface area contributed by atoms with Crippen molar-refractivity contribution in [3.63, 3.8) is 0 Å². The van der Waals surface area contributed by atoms with E-state index in [9.17, 15) is 27.6 Å². The van der Waals surface area contributed by atoms with Crippen molar-refractivity contribution in [3.8, 4) is 5.75 Å². The van der Waals surface area contributed by atoms with E-state index in [-0.39, 0.29) is 41.1 Å². The molecule has 0 radical (unpaired) electrons. The van der Waals surface area contributed by atoms with Gasteiger partial charge in [-0.15, -0.1) is 0 Å². The Morgan fingerprint density at radius 2 is 1.77 bits per heavy atom. The molecule has 2 bridgehead atoms. The fourth-order valence-electron chi connectivity index (χ4n) is 6.40. The SMILES string of the molecule is CC(NC(=O)c1cn2c(c(OCc3ccccc3)c1=O)C(=O)N1C3CCC1(CC3)C2)c1c(F)cc(F)cc1F. The summed E-state index contributed by atoms with van der Waals surface area (Å²) in [7, 11) is 0. The van der Waals surface area contributed by atoms with E-state index in [1.807, 2.05) is 35.2 Å². The van der Waals surface area contributed by atoms with Crippen LogP contribution in [0.4, 0.5) is 13.2 Å². The van der Waals surface area contributed by atoms with E-state index in [0.717, 1.165) is 31.2 Å². The van der Waals surface area contributed by atoms with Crippen LogP contribution in [0, 0.1) is 17.5 Å². The Morgan fingerprint density at radius 3 is 2.44 bits per heavy atom. The van der Waals surface area contributed by atoms with E-state index in [1.165, 1.54) is 13.1 Å². The minimum absolute atomic E-state index is 0.00158. The standard InChI is InChI=1S/C29H26F3N3O4/c1-16(23-21(31)11-18(30)12-22(23)32)33-27(37)20-13-34-15-29-9-7-19(8-10-29)35(29)28(38)24(34)26(25(20)36)39-14-17-5-3-2-4-6-17/h2-6,11-13,16,19H,7-10,14-15H2,1H3,(H,33,37). The van der Waals surface area contributed by atoms with Crippen molar-refractivity contribution in [2.45, 2.75) is 63.4 Å². The molecule has 7 nitrogen and oxygen atoms in total. The molecule has 2 amide bonds. The molecule has 3 aromatic rings. The van der Waals surface area contributed by atoms with Gasteiger partial charge in [-0.25, -0.2) is 13.2 Å². The van der Waals surface area contributed by atoms with Crippen LogP contribution in [-0.4, -0.2) is 32.9 Å². The molecule has 6 rings (SSSR count). The molecule has 0 saturated carbocycles. The number of amides is 2. The van der Waals surface area contributed by atoms with E-state index in [4.69, 9.17) is 4.74 Å². The zero-order valence-electron chi connectivity index (χ0n) is 21.2. The lowest BCUT2D eigenvalue weighted by Gasteiger charge is -2.41. The van der Waals surface area contributed by atoms with Crippen LogP contribution in [-0.2, 0) is 13.2 Å². The summed E-state index contributed by atoms with van der Waals surface area (Å²) in [6.07, 6.45) is 4.75. The molecule has 2 saturated heterocycles. The van der Waals surface area contributed by atoms with Crippen molar-refractivity contribution in [1.29, 1.82) is 0 Å². The Bertz CT molecular complexity index is 1520. The van der Waals surface area contributed by atoms with Gasteiger partial charge in [-0.2, -0.15) is 0 Å². The molecule has 202 valence electrons. The molecular formula is C29H26F3N3O4. The number of aromatic nitrogens is 1. The molecule has 2 fully saturated rings. The quantitative estimate of drug-likeness (QED) is 0.503. The number of halogens is 3. The number of rotatable bonds is 6. The summed E-state index contributed by atoms with van der Waals surface area (Å²) in [5.41, 5.74) is -1.15. The lowest BCUT2D eigenvalue weighted by Crippen LogP contribution is -2.53. The van der Waals surface area contributed by atoms with Gasteiger partial charge in [0, 0.05) is 36.5 Å². The number of nitrogens with one attached hydrogen (secondary N) is 1. The van der Waals surface area contributed by atoms with Crippen molar-refractivity contribution < 1.29 is 27.5 Å². The van der Waals surface area contributed by atoms with Crippen molar-refractivity contribution in [2.24, 2.45) is 0 Å². The molecule has 39 heavy (non-hydrogen) atoms. The van der Waals surface area contributed by atoms with Crippen LogP contribution in [0.15, 0.2) is 53.5 Å². The average Bonchev–Trinajstić information content (AvgIpc) is 3.44. The second-order valence-corrected chi connectivity index (χ2v) is 10.6. The maximum atomic E-state index is 14.3. The van der Waals surface area contributed by atoms with Crippen molar-refractivity contribution in [3.05, 3.63) is 98.7 Å². The minimum Gasteiger partial charge on any atom is -0.483 e. The molecule has 10 heteroatoms. The first-order valence-electron chi connectivity index (χ1n) is 12.9. The molecule has 4 heterocycles. The van der Waals surface area contributed by atoms with Crippen LogP contribution < -0.4 is 15.5 Å². The summed E-state index contributed by atoms with van der Waals surface area (Å²) in [5.74, 6) is -4.81.